The Balaban J connectivity index is 0.805. The highest BCUT2D eigenvalue weighted by molar-refractivity contribution is 6.06. The molecule has 0 saturated carbocycles. The number of imidazole rings is 2. The first-order valence-electron chi connectivity index (χ1n) is 36.7. The molecular formula is C80H91N23O11. The number of benzene rings is 6. The number of hydrogen-bond acceptors (Lipinski definition) is 15. The second kappa shape index (κ2) is 40.3. The molecule has 10 aromatic rings. The predicted molar refractivity (Wildman–Crippen MR) is 428 cm³/mol. The van der Waals surface area contributed by atoms with E-state index in [0.717, 1.165) is 21.8 Å². The lowest BCUT2D eigenvalue weighted by atomic mass is 10.0. The SMILES string of the molecule is CC(=O)N[C@@H](Cc1c[nH]cn1)C(=O)N[C@H](Cc1ccccc1)C(=O)N[C@@H](CCCN=C(N)N)C(=O)N[C@@H](Cc1c[nH]c2ccccc12)C(=O)Nc1ccc(C(=O)Nc2ccc(C(=O)N[C@@H](Cc3c[nH]cn3)C(=O)N[C@H](Cc3ccccc3)C(=O)N[C@@H](CCCN=C(N)N)C(=O)N[C@@H](Cc3c[nH]c4ccccc34)C(N)=O)cc2)cc1. The number of H-pyrrole nitrogens is 4. The number of para-hydroxylation sites is 2. The van der Waals surface area contributed by atoms with Crippen molar-refractivity contribution in [2.24, 2.45) is 38.7 Å². The van der Waals surface area contributed by atoms with Crippen LogP contribution in [0.2, 0.25) is 0 Å². The third kappa shape index (κ3) is 24.3. The first-order valence-corrected chi connectivity index (χ1v) is 36.7. The van der Waals surface area contributed by atoms with E-state index < -0.39 is 113 Å². The maximum absolute atomic E-state index is 14.8. The Kier molecular flexibility index (Phi) is 29.0. The number of nitrogens with one attached hydrogen (secondary N) is 14. The number of anilines is 2. The summed E-state index contributed by atoms with van der Waals surface area (Å²) in [4.78, 5) is 184. The summed E-state index contributed by atoms with van der Waals surface area (Å²) in [7, 11) is 0. The zero-order valence-corrected chi connectivity index (χ0v) is 62.2. The van der Waals surface area contributed by atoms with E-state index in [2.05, 4.69) is 93.1 Å². The van der Waals surface area contributed by atoms with Gasteiger partial charge >= 0.3 is 0 Å². The van der Waals surface area contributed by atoms with Gasteiger partial charge in [0.15, 0.2) is 11.9 Å². The number of aliphatic imine (C=N–C) groups is 2. The van der Waals surface area contributed by atoms with Crippen LogP contribution in [0.15, 0.2) is 205 Å². The second-order valence-corrected chi connectivity index (χ2v) is 27.1. The Morgan fingerprint density at radius 2 is 0.737 bits per heavy atom. The van der Waals surface area contributed by atoms with Crippen LogP contribution in [-0.4, -0.2) is 168 Å². The molecule has 10 rings (SSSR count). The highest BCUT2D eigenvalue weighted by atomic mass is 16.2. The predicted octanol–water partition coefficient (Wildman–Crippen LogP) is 1.85. The van der Waals surface area contributed by atoms with Crippen LogP contribution in [0, 0.1) is 0 Å². The molecule has 0 saturated heterocycles. The van der Waals surface area contributed by atoms with E-state index in [0.29, 0.717) is 33.6 Å². The third-order valence-corrected chi connectivity index (χ3v) is 18.6. The Hall–Kier alpha value is -14.5. The molecule has 0 fully saturated rings. The maximum atomic E-state index is 14.8. The highest BCUT2D eigenvalue weighted by Gasteiger charge is 2.35. The Morgan fingerprint density at radius 1 is 0.368 bits per heavy atom. The number of primary amides is 1. The molecule has 0 bridgehead atoms. The van der Waals surface area contributed by atoms with Crippen LogP contribution >= 0.6 is 0 Å². The van der Waals surface area contributed by atoms with Crippen LogP contribution in [-0.2, 0) is 81.7 Å². The number of carbonyl (C=O) groups is 11. The Labute approximate surface area is 654 Å². The number of amides is 11. The minimum atomic E-state index is -1.35. The van der Waals surface area contributed by atoms with Crippen LogP contribution < -0.4 is 81.8 Å². The summed E-state index contributed by atoms with van der Waals surface area (Å²) in [6, 6.07) is 33.9. The number of rotatable bonds is 40. The van der Waals surface area contributed by atoms with Crippen molar-refractivity contribution in [1.29, 1.82) is 0 Å². The van der Waals surface area contributed by atoms with Crippen molar-refractivity contribution in [3.8, 4) is 0 Å². The molecule has 4 aromatic heterocycles. The molecule has 34 nitrogen and oxygen atoms in total. The number of aromatic amines is 4. The molecule has 11 amide bonds. The van der Waals surface area contributed by atoms with Gasteiger partial charge in [0.05, 0.1) is 24.0 Å². The minimum Gasteiger partial charge on any atom is -0.370 e. The molecule has 0 aliphatic carbocycles. The van der Waals surface area contributed by atoms with Crippen LogP contribution in [0.4, 0.5) is 11.4 Å². The molecule has 114 heavy (non-hydrogen) atoms. The molecular weight excluding hydrogens is 1460 g/mol. The van der Waals surface area contributed by atoms with Gasteiger partial charge in [-0.1, -0.05) is 97.1 Å². The monoisotopic (exact) mass is 1550 g/mol. The minimum absolute atomic E-state index is 0.0109. The van der Waals surface area contributed by atoms with Gasteiger partial charge in [0, 0.05) is 128 Å². The van der Waals surface area contributed by atoms with Crippen LogP contribution in [0.5, 0.6) is 0 Å². The fraction of sp³-hybridized carbons (Fsp3) is 0.263. The van der Waals surface area contributed by atoms with Crippen molar-refractivity contribution < 1.29 is 52.7 Å². The fourth-order valence-corrected chi connectivity index (χ4v) is 12.7. The van der Waals surface area contributed by atoms with Crippen molar-refractivity contribution in [3.63, 3.8) is 0 Å². The average Bonchev–Trinajstić information content (AvgIpc) is 1.66. The van der Waals surface area contributed by atoms with E-state index in [-0.39, 0.29) is 112 Å². The lowest BCUT2D eigenvalue weighted by molar-refractivity contribution is -0.134. The first-order chi connectivity index (χ1) is 55.0. The summed E-state index contributed by atoms with van der Waals surface area (Å²) in [5.74, 6) is -8.19. The number of aromatic nitrogens is 6. The fourth-order valence-electron chi connectivity index (χ4n) is 12.7. The number of guanidine groups is 2. The number of fused-ring (bicyclic) bond motifs is 2. The van der Waals surface area contributed by atoms with Gasteiger partial charge in [-0.25, -0.2) is 9.97 Å². The van der Waals surface area contributed by atoms with Gasteiger partial charge in [0.2, 0.25) is 53.2 Å². The zero-order valence-electron chi connectivity index (χ0n) is 62.2. The summed E-state index contributed by atoms with van der Waals surface area (Å²) in [6.45, 7) is 1.41. The smallest absolute Gasteiger partial charge is 0.255 e. The summed E-state index contributed by atoms with van der Waals surface area (Å²) in [5.41, 5.74) is 34.2. The van der Waals surface area contributed by atoms with Gasteiger partial charge in [-0.05, 0) is 109 Å². The van der Waals surface area contributed by atoms with Gasteiger partial charge in [-0.3, -0.25) is 62.7 Å². The van der Waals surface area contributed by atoms with Crippen LogP contribution in [0.25, 0.3) is 21.8 Å². The molecule has 24 N–H and O–H groups in total. The second-order valence-electron chi connectivity index (χ2n) is 27.1. The molecule has 0 unspecified atom stereocenters. The van der Waals surface area contributed by atoms with Crippen LogP contribution in [0.1, 0.15) is 87.0 Å². The topological polar surface area (TPSA) is 552 Å². The van der Waals surface area contributed by atoms with Gasteiger partial charge in [-0.2, -0.15) is 0 Å². The number of hydrogen-bond donors (Lipinski definition) is 19. The lowest BCUT2D eigenvalue weighted by Crippen LogP contribution is -2.59. The number of nitrogens with zero attached hydrogens (tertiary/aromatic N) is 4. The molecule has 0 aliphatic heterocycles. The van der Waals surface area contributed by atoms with E-state index in [1.807, 2.05) is 48.5 Å². The Morgan fingerprint density at radius 3 is 1.16 bits per heavy atom. The standard InChI is InChI=1S/C80H91N23O11/c1-46(104)94-67(38-55-42-86-44-92-55)77(113)101-64(34-47-14-4-2-5-15-47)75(111)98-62(23-13-33-89-80(84)85)73(109)103-66(37-52-41-91-60-21-11-9-19-58(52)60)74(110)96-54-30-24-49(25-31-54)70(106)95-53-28-26-50(27-29-53)71(107)100-68(39-56-43-87-45-93-56)78(114)102-65(35-48-16-6-3-7-17-48)76(112)97-61(22-12-32-88-79(82)83)72(108)99-63(69(81)105)36-51-40-90-59-20-10-8-18-57(51)59/h2-11,14-21,24-31,40-45,61-68,90-91H,12-13,22-23,32-39H2,1H3,(H2,81,105)(H,86,92)(H,87,93)(H,94,104)(H,95,106)(H,96,110)(H,97,112)(H,98,111)(H,99,108)(H,100,107)(H,101,113)(H,102,114)(H,103,109)(H4,82,83,88)(H4,84,85,89)/t61-,62-,63-,64+,65+,66-,67-,68-/m0/s1. The van der Waals surface area contributed by atoms with Crippen molar-refractivity contribution in [2.75, 3.05) is 23.7 Å². The molecule has 0 radical (unpaired) electrons. The van der Waals surface area contributed by atoms with Crippen molar-refractivity contribution in [2.45, 2.75) is 119 Å². The van der Waals surface area contributed by atoms with E-state index in [1.54, 1.807) is 79.3 Å². The van der Waals surface area contributed by atoms with Gasteiger partial charge in [0.1, 0.15) is 48.3 Å². The molecule has 34 heteroatoms. The van der Waals surface area contributed by atoms with E-state index in [1.165, 1.54) is 74.3 Å². The van der Waals surface area contributed by atoms with Crippen molar-refractivity contribution >= 4 is 110 Å². The quantitative estimate of drug-likeness (QED) is 0.0148. The summed E-state index contributed by atoms with van der Waals surface area (Å²) >= 11 is 0. The normalized spacial score (nSPS) is 13.1. The molecule has 0 aliphatic rings. The van der Waals surface area contributed by atoms with Gasteiger partial charge < -0.3 is 102 Å². The lowest BCUT2D eigenvalue weighted by Gasteiger charge is -2.26. The van der Waals surface area contributed by atoms with Crippen LogP contribution in [0.3, 0.4) is 0 Å². The zero-order chi connectivity index (χ0) is 81.0. The maximum Gasteiger partial charge on any atom is 0.255 e. The largest absolute Gasteiger partial charge is 0.370 e. The van der Waals surface area contributed by atoms with E-state index in [9.17, 15) is 52.7 Å². The number of nitrogens with two attached hydrogens (primary N) is 5. The molecule has 6 aromatic carbocycles. The van der Waals surface area contributed by atoms with E-state index >= 15 is 0 Å². The summed E-state index contributed by atoms with van der Waals surface area (Å²) in [6.07, 6.45) is 9.43. The third-order valence-electron chi connectivity index (χ3n) is 18.6. The summed E-state index contributed by atoms with van der Waals surface area (Å²) < 4.78 is 0. The molecule has 592 valence electrons. The molecule has 8 atom stereocenters. The molecule has 4 heterocycles. The van der Waals surface area contributed by atoms with Gasteiger partial charge in [-0.15, -0.1) is 0 Å². The number of carbonyl (C=O) groups excluding carboxylic acids is 11. The summed E-state index contributed by atoms with van der Waals surface area (Å²) in [5, 5.41) is 29.4. The molecule has 0 spiro atoms. The van der Waals surface area contributed by atoms with E-state index in [4.69, 9.17) is 28.7 Å². The Bertz CT molecular complexity index is 5020. The van der Waals surface area contributed by atoms with Crippen molar-refractivity contribution in [1.82, 2.24) is 72.4 Å². The average molecular weight is 1550 g/mol. The first kappa shape index (κ1) is 82.0. The highest BCUT2D eigenvalue weighted by Crippen LogP contribution is 2.23. The van der Waals surface area contributed by atoms with Crippen molar-refractivity contribution in [3.05, 3.63) is 240 Å². The van der Waals surface area contributed by atoms with Gasteiger partial charge in [0.25, 0.3) is 11.8 Å².